The first-order valence-electron chi connectivity index (χ1n) is 6.94. The first kappa shape index (κ1) is 16.9. The van der Waals surface area contributed by atoms with Gasteiger partial charge < -0.3 is 5.73 Å². The van der Waals surface area contributed by atoms with Gasteiger partial charge in [-0.25, -0.2) is 0 Å². The maximum Gasteiger partial charge on any atom is 0.282 e. The average molecular weight is 299 g/mol. The Kier molecular flexibility index (Phi) is 5.98. The Balaban J connectivity index is 3.06. The van der Waals surface area contributed by atoms with E-state index >= 15 is 0 Å². The molecule has 114 valence electrons. The third-order valence-electron chi connectivity index (χ3n) is 3.19. The standard InChI is InChI=1S/C14H25N3O2S/c1-5-16(6-2)20(18,19)17(12(3)4)11-13-8-7-9-14(15)10-13/h7-10,12H,5-6,11,15H2,1-4H3. The lowest BCUT2D eigenvalue weighted by molar-refractivity contribution is 0.306. The van der Waals surface area contributed by atoms with E-state index in [1.54, 1.807) is 6.07 Å². The molecule has 0 saturated carbocycles. The van der Waals surface area contributed by atoms with E-state index in [9.17, 15) is 8.42 Å². The van der Waals surface area contributed by atoms with Gasteiger partial charge in [0.2, 0.25) is 0 Å². The van der Waals surface area contributed by atoms with Gasteiger partial charge in [0.15, 0.2) is 0 Å². The second-order valence-corrected chi connectivity index (χ2v) is 6.86. The smallest absolute Gasteiger partial charge is 0.282 e. The minimum absolute atomic E-state index is 0.109. The zero-order chi connectivity index (χ0) is 15.3. The third-order valence-corrected chi connectivity index (χ3v) is 5.51. The summed E-state index contributed by atoms with van der Waals surface area (Å²) in [5.41, 5.74) is 7.30. The fourth-order valence-electron chi connectivity index (χ4n) is 2.10. The Morgan fingerprint density at radius 1 is 1.20 bits per heavy atom. The zero-order valence-electron chi connectivity index (χ0n) is 12.7. The Bertz CT molecular complexity index is 525. The average Bonchev–Trinajstić information content (AvgIpc) is 2.36. The normalized spacial score (nSPS) is 12.6. The van der Waals surface area contributed by atoms with E-state index in [1.165, 1.54) is 8.61 Å². The number of anilines is 1. The van der Waals surface area contributed by atoms with Crippen molar-refractivity contribution in [1.29, 1.82) is 0 Å². The van der Waals surface area contributed by atoms with Crippen molar-refractivity contribution < 1.29 is 8.42 Å². The molecule has 0 radical (unpaired) electrons. The van der Waals surface area contributed by atoms with Crippen molar-refractivity contribution in [2.75, 3.05) is 18.8 Å². The predicted molar refractivity (Wildman–Crippen MR) is 83.4 cm³/mol. The van der Waals surface area contributed by atoms with Gasteiger partial charge in [0.25, 0.3) is 10.2 Å². The molecular formula is C14H25N3O2S. The van der Waals surface area contributed by atoms with Gasteiger partial charge in [0.1, 0.15) is 0 Å². The van der Waals surface area contributed by atoms with Crippen LogP contribution in [-0.4, -0.2) is 36.2 Å². The number of benzene rings is 1. The van der Waals surface area contributed by atoms with Crippen LogP contribution in [0, 0.1) is 0 Å². The number of nitrogen functional groups attached to an aromatic ring is 1. The molecule has 0 aliphatic rings. The van der Waals surface area contributed by atoms with E-state index < -0.39 is 10.2 Å². The molecule has 0 atom stereocenters. The fraction of sp³-hybridized carbons (Fsp3) is 0.571. The highest BCUT2D eigenvalue weighted by atomic mass is 32.2. The van der Waals surface area contributed by atoms with Gasteiger partial charge in [-0.2, -0.15) is 17.0 Å². The van der Waals surface area contributed by atoms with Crippen molar-refractivity contribution in [3.05, 3.63) is 29.8 Å². The molecule has 0 unspecified atom stereocenters. The summed E-state index contributed by atoms with van der Waals surface area (Å²) in [4.78, 5) is 0. The lowest BCUT2D eigenvalue weighted by Crippen LogP contribution is -2.46. The van der Waals surface area contributed by atoms with Gasteiger partial charge in [0.05, 0.1) is 0 Å². The maximum atomic E-state index is 12.6. The van der Waals surface area contributed by atoms with E-state index in [-0.39, 0.29) is 6.04 Å². The summed E-state index contributed by atoms with van der Waals surface area (Å²) >= 11 is 0. The van der Waals surface area contributed by atoms with Crippen LogP contribution in [0.25, 0.3) is 0 Å². The van der Waals surface area contributed by atoms with Crippen molar-refractivity contribution in [1.82, 2.24) is 8.61 Å². The molecule has 6 heteroatoms. The SMILES string of the molecule is CCN(CC)S(=O)(=O)N(Cc1cccc(N)c1)C(C)C. The second kappa shape index (κ2) is 7.06. The summed E-state index contributed by atoms with van der Waals surface area (Å²) in [6, 6.07) is 7.23. The molecule has 0 spiro atoms. The molecule has 20 heavy (non-hydrogen) atoms. The van der Waals surface area contributed by atoms with E-state index in [2.05, 4.69) is 0 Å². The maximum absolute atomic E-state index is 12.6. The van der Waals surface area contributed by atoms with Crippen LogP contribution in [-0.2, 0) is 16.8 Å². The molecule has 1 rings (SSSR count). The molecule has 0 fully saturated rings. The zero-order valence-corrected chi connectivity index (χ0v) is 13.5. The predicted octanol–water partition coefficient (Wildman–Crippen LogP) is 2.07. The summed E-state index contributed by atoms with van der Waals surface area (Å²) in [6.45, 7) is 8.74. The van der Waals surface area contributed by atoms with Crippen LogP contribution in [0.15, 0.2) is 24.3 Å². The Labute approximate surface area is 122 Å². The third kappa shape index (κ3) is 3.94. The van der Waals surface area contributed by atoms with Gasteiger partial charge in [0, 0.05) is 31.4 Å². The molecule has 5 nitrogen and oxygen atoms in total. The summed E-state index contributed by atoms with van der Waals surface area (Å²) in [5, 5.41) is 0. The summed E-state index contributed by atoms with van der Waals surface area (Å²) < 4.78 is 28.3. The van der Waals surface area contributed by atoms with E-state index in [4.69, 9.17) is 5.73 Å². The second-order valence-electron chi connectivity index (χ2n) is 4.98. The van der Waals surface area contributed by atoms with Gasteiger partial charge >= 0.3 is 0 Å². The van der Waals surface area contributed by atoms with Gasteiger partial charge in [-0.1, -0.05) is 26.0 Å². The first-order chi connectivity index (χ1) is 9.32. The minimum Gasteiger partial charge on any atom is -0.399 e. The molecule has 0 amide bonds. The molecular weight excluding hydrogens is 274 g/mol. The monoisotopic (exact) mass is 299 g/mol. The molecule has 1 aromatic rings. The van der Waals surface area contributed by atoms with Crippen molar-refractivity contribution in [3.8, 4) is 0 Å². The van der Waals surface area contributed by atoms with Gasteiger partial charge in [-0.15, -0.1) is 0 Å². The molecule has 0 aromatic heterocycles. The summed E-state index contributed by atoms with van der Waals surface area (Å²) in [6.07, 6.45) is 0. The van der Waals surface area contributed by atoms with Crippen molar-refractivity contribution in [2.45, 2.75) is 40.3 Å². The summed E-state index contributed by atoms with van der Waals surface area (Å²) in [5.74, 6) is 0. The summed E-state index contributed by atoms with van der Waals surface area (Å²) in [7, 11) is -3.45. The highest BCUT2D eigenvalue weighted by molar-refractivity contribution is 7.86. The van der Waals surface area contributed by atoms with Crippen LogP contribution in [0.5, 0.6) is 0 Å². The van der Waals surface area contributed by atoms with Crippen LogP contribution in [0.2, 0.25) is 0 Å². The largest absolute Gasteiger partial charge is 0.399 e. The number of rotatable bonds is 7. The van der Waals surface area contributed by atoms with Crippen LogP contribution in [0.3, 0.4) is 0 Å². The van der Waals surface area contributed by atoms with Crippen molar-refractivity contribution in [2.24, 2.45) is 0 Å². The Hall–Kier alpha value is -1.11. The highest BCUT2D eigenvalue weighted by Gasteiger charge is 2.29. The molecule has 0 aliphatic heterocycles. The molecule has 0 saturated heterocycles. The van der Waals surface area contributed by atoms with Gasteiger partial charge in [-0.05, 0) is 31.5 Å². The molecule has 1 aromatic carbocycles. The van der Waals surface area contributed by atoms with Crippen LogP contribution >= 0.6 is 0 Å². The first-order valence-corrected chi connectivity index (χ1v) is 8.33. The number of nitrogens with zero attached hydrogens (tertiary/aromatic N) is 2. The highest BCUT2D eigenvalue weighted by Crippen LogP contribution is 2.18. The number of hydrogen-bond acceptors (Lipinski definition) is 3. The quantitative estimate of drug-likeness (QED) is 0.784. The van der Waals surface area contributed by atoms with E-state index in [1.807, 2.05) is 45.9 Å². The fourth-order valence-corrected chi connectivity index (χ4v) is 3.89. The Morgan fingerprint density at radius 2 is 1.80 bits per heavy atom. The molecule has 0 heterocycles. The number of nitrogens with two attached hydrogens (primary N) is 1. The van der Waals surface area contributed by atoms with E-state index in [0.717, 1.165) is 5.56 Å². The Morgan fingerprint density at radius 3 is 2.25 bits per heavy atom. The lowest BCUT2D eigenvalue weighted by Gasteiger charge is -2.31. The van der Waals surface area contributed by atoms with Crippen molar-refractivity contribution >= 4 is 15.9 Å². The van der Waals surface area contributed by atoms with Gasteiger partial charge in [-0.3, -0.25) is 0 Å². The van der Waals surface area contributed by atoms with E-state index in [0.29, 0.717) is 25.3 Å². The molecule has 0 bridgehead atoms. The van der Waals surface area contributed by atoms with Crippen LogP contribution in [0.4, 0.5) is 5.69 Å². The minimum atomic E-state index is -3.45. The topological polar surface area (TPSA) is 66.6 Å². The molecule has 0 aliphatic carbocycles. The van der Waals surface area contributed by atoms with Crippen LogP contribution < -0.4 is 5.73 Å². The van der Waals surface area contributed by atoms with Crippen molar-refractivity contribution in [3.63, 3.8) is 0 Å². The van der Waals surface area contributed by atoms with Crippen LogP contribution in [0.1, 0.15) is 33.3 Å². The lowest BCUT2D eigenvalue weighted by atomic mass is 10.2. The molecule has 2 N–H and O–H groups in total. The number of hydrogen-bond donors (Lipinski definition) is 1.